The number of hydrogen-bond donors (Lipinski definition) is 1. The van der Waals surface area contributed by atoms with Gasteiger partial charge in [0.25, 0.3) is 0 Å². The van der Waals surface area contributed by atoms with Crippen LogP contribution in [0.2, 0.25) is 0 Å². The lowest BCUT2D eigenvalue weighted by atomic mass is 10.4. The average Bonchev–Trinajstić information content (AvgIpc) is 2.74. The Morgan fingerprint density at radius 3 is 3.06 bits per heavy atom. The molecule has 4 nitrogen and oxygen atoms in total. The van der Waals surface area contributed by atoms with E-state index in [1.807, 2.05) is 26.0 Å². The molecule has 2 aromatic rings. The van der Waals surface area contributed by atoms with E-state index < -0.39 is 0 Å². The minimum atomic E-state index is 0.613. The van der Waals surface area contributed by atoms with Gasteiger partial charge in [-0.1, -0.05) is 0 Å². The van der Waals surface area contributed by atoms with Gasteiger partial charge in [-0.05, 0) is 26.0 Å². The fraction of sp³-hybridized carbons (Fsp3) is 0.333. The van der Waals surface area contributed by atoms with Crippen LogP contribution in [0.4, 0.5) is 5.69 Å². The molecule has 0 atom stereocenters. The minimum Gasteiger partial charge on any atom is -0.476 e. The van der Waals surface area contributed by atoms with Crippen molar-refractivity contribution in [3.05, 3.63) is 34.4 Å². The van der Waals surface area contributed by atoms with Gasteiger partial charge in [0.1, 0.15) is 0 Å². The number of nitrogens with one attached hydrogen (secondary N) is 1. The highest BCUT2D eigenvalue weighted by Gasteiger charge is 2.04. The highest BCUT2D eigenvalue weighted by Crippen LogP contribution is 2.21. The maximum Gasteiger partial charge on any atom is 0.237 e. The van der Waals surface area contributed by atoms with Crippen LogP contribution in [0, 0.1) is 6.92 Å². The van der Waals surface area contributed by atoms with E-state index in [0.29, 0.717) is 19.0 Å². The zero-order valence-electron chi connectivity index (χ0n) is 9.93. The highest BCUT2D eigenvalue weighted by atomic mass is 32.1. The Bertz CT molecular complexity index is 484. The number of nitrogens with zero attached hydrogens (tertiary/aromatic N) is 2. The third-order valence-electron chi connectivity index (χ3n) is 2.18. The molecule has 17 heavy (non-hydrogen) atoms. The molecule has 0 radical (unpaired) electrons. The summed E-state index contributed by atoms with van der Waals surface area (Å²) in [4.78, 5) is 8.58. The Morgan fingerprint density at radius 2 is 2.35 bits per heavy atom. The van der Waals surface area contributed by atoms with Crippen LogP contribution in [0.15, 0.2) is 23.7 Å². The Labute approximate surface area is 105 Å². The topological polar surface area (TPSA) is 47.0 Å². The Kier molecular flexibility index (Phi) is 3.93. The van der Waals surface area contributed by atoms with Crippen LogP contribution in [0.3, 0.4) is 0 Å². The largest absolute Gasteiger partial charge is 0.476 e. The van der Waals surface area contributed by atoms with Crippen LogP contribution in [0.25, 0.3) is 0 Å². The van der Waals surface area contributed by atoms with Crippen LogP contribution >= 0.6 is 11.3 Å². The Morgan fingerprint density at radius 1 is 1.47 bits per heavy atom. The van der Waals surface area contributed by atoms with Crippen molar-refractivity contribution in [1.29, 1.82) is 0 Å². The summed E-state index contributed by atoms with van der Waals surface area (Å²) in [6.07, 6.45) is 1.73. The van der Waals surface area contributed by atoms with Gasteiger partial charge in [-0.3, -0.25) is 0 Å². The summed E-state index contributed by atoms with van der Waals surface area (Å²) in [6.45, 7) is 5.25. The first kappa shape index (κ1) is 11.9. The molecule has 0 amide bonds. The van der Waals surface area contributed by atoms with Crippen LogP contribution in [-0.4, -0.2) is 16.6 Å². The molecule has 1 N–H and O–H groups in total. The van der Waals surface area contributed by atoms with Gasteiger partial charge in [-0.2, -0.15) is 0 Å². The van der Waals surface area contributed by atoms with E-state index in [4.69, 9.17) is 4.74 Å². The standard InChI is InChI=1S/C12H15N3OS/c1-3-16-12-11(5-4-6-13-12)14-7-10-8-17-9(2)15-10/h4-6,8,14H,3,7H2,1-2H3. The molecule has 0 aromatic carbocycles. The predicted molar refractivity (Wildman–Crippen MR) is 69.6 cm³/mol. The number of aromatic nitrogens is 2. The van der Waals surface area contributed by atoms with E-state index in [-0.39, 0.29) is 0 Å². The van der Waals surface area contributed by atoms with Crippen molar-refractivity contribution >= 4 is 17.0 Å². The van der Waals surface area contributed by atoms with Gasteiger partial charge < -0.3 is 10.1 Å². The molecule has 5 heteroatoms. The number of aryl methyl sites for hydroxylation is 1. The molecular weight excluding hydrogens is 234 g/mol. The molecule has 0 unspecified atom stereocenters. The van der Waals surface area contributed by atoms with Crippen LogP contribution in [0.1, 0.15) is 17.6 Å². The molecule has 2 rings (SSSR count). The molecule has 0 aliphatic carbocycles. The van der Waals surface area contributed by atoms with Gasteiger partial charge in [0.2, 0.25) is 5.88 Å². The fourth-order valence-corrected chi connectivity index (χ4v) is 2.06. The number of ether oxygens (including phenoxy) is 1. The van der Waals surface area contributed by atoms with Gasteiger partial charge in [0.05, 0.1) is 29.5 Å². The lowest BCUT2D eigenvalue weighted by molar-refractivity contribution is 0.328. The zero-order chi connectivity index (χ0) is 12.1. The van der Waals surface area contributed by atoms with Gasteiger partial charge in [0, 0.05) is 11.6 Å². The normalized spacial score (nSPS) is 10.2. The summed E-state index contributed by atoms with van der Waals surface area (Å²) in [7, 11) is 0. The lowest BCUT2D eigenvalue weighted by Gasteiger charge is -2.09. The van der Waals surface area contributed by atoms with E-state index in [1.54, 1.807) is 17.5 Å². The van der Waals surface area contributed by atoms with Gasteiger partial charge in [-0.25, -0.2) is 9.97 Å². The minimum absolute atomic E-state index is 0.613. The molecule has 2 heterocycles. The molecule has 0 spiro atoms. The summed E-state index contributed by atoms with van der Waals surface area (Å²) in [5, 5.41) is 6.42. The lowest BCUT2D eigenvalue weighted by Crippen LogP contribution is -2.04. The second-order valence-electron chi connectivity index (χ2n) is 3.50. The van der Waals surface area contributed by atoms with Gasteiger partial charge >= 0.3 is 0 Å². The third-order valence-corrected chi connectivity index (χ3v) is 3.00. The van der Waals surface area contributed by atoms with E-state index in [2.05, 4.69) is 20.7 Å². The average molecular weight is 249 g/mol. The smallest absolute Gasteiger partial charge is 0.237 e. The quantitative estimate of drug-likeness (QED) is 0.885. The van der Waals surface area contributed by atoms with E-state index >= 15 is 0 Å². The summed E-state index contributed by atoms with van der Waals surface area (Å²) in [5.74, 6) is 0.641. The van der Waals surface area contributed by atoms with E-state index in [9.17, 15) is 0 Å². The molecule has 90 valence electrons. The number of thiazole rings is 1. The van der Waals surface area contributed by atoms with E-state index in [1.165, 1.54) is 0 Å². The van der Waals surface area contributed by atoms with Crippen molar-refractivity contribution in [2.45, 2.75) is 20.4 Å². The summed E-state index contributed by atoms with van der Waals surface area (Å²) < 4.78 is 5.44. The van der Waals surface area contributed by atoms with Crippen molar-refractivity contribution in [3.63, 3.8) is 0 Å². The number of anilines is 1. The zero-order valence-corrected chi connectivity index (χ0v) is 10.8. The summed E-state index contributed by atoms with van der Waals surface area (Å²) in [5.41, 5.74) is 1.94. The van der Waals surface area contributed by atoms with Crippen molar-refractivity contribution in [2.75, 3.05) is 11.9 Å². The maximum absolute atomic E-state index is 5.44. The molecule has 2 aromatic heterocycles. The molecule has 0 saturated heterocycles. The molecule has 0 aliphatic rings. The van der Waals surface area contributed by atoms with Crippen molar-refractivity contribution in [2.24, 2.45) is 0 Å². The predicted octanol–water partition coefficient (Wildman–Crippen LogP) is 2.86. The van der Waals surface area contributed by atoms with E-state index in [0.717, 1.165) is 16.4 Å². The van der Waals surface area contributed by atoms with Crippen molar-refractivity contribution in [1.82, 2.24) is 9.97 Å². The third kappa shape index (κ3) is 3.17. The number of hydrogen-bond acceptors (Lipinski definition) is 5. The molecule has 0 bridgehead atoms. The summed E-state index contributed by atoms with van der Waals surface area (Å²) >= 11 is 1.66. The molecule has 0 saturated carbocycles. The van der Waals surface area contributed by atoms with Crippen LogP contribution in [0.5, 0.6) is 5.88 Å². The molecular formula is C12H15N3OS. The fourth-order valence-electron chi connectivity index (χ4n) is 1.45. The first-order valence-corrected chi connectivity index (χ1v) is 6.40. The van der Waals surface area contributed by atoms with Crippen LogP contribution < -0.4 is 10.1 Å². The van der Waals surface area contributed by atoms with Gasteiger partial charge in [0.15, 0.2) is 0 Å². The first-order valence-electron chi connectivity index (χ1n) is 5.52. The van der Waals surface area contributed by atoms with Crippen molar-refractivity contribution < 1.29 is 4.74 Å². The molecule has 0 fully saturated rings. The molecule has 0 aliphatic heterocycles. The van der Waals surface area contributed by atoms with Crippen molar-refractivity contribution in [3.8, 4) is 5.88 Å². The highest BCUT2D eigenvalue weighted by molar-refractivity contribution is 7.09. The Balaban J connectivity index is 2.03. The number of rotatable bonds is 5. The SMILES string of the molecule is CCOc1ncccc1NCc1csc(C)n1. The second-order valence-corrected chi connectivity index (χ2v) is 4.56. The maximum atomic E-state index is 5.44. The van der Waals surface area contributed by atoms with Crippen LogP contribution in [-0.2, 0) is 6.54 Å². The van der Waals surface area contributed by atoms with Gasteiger partial charge in [-0.15, -0.1) is 11.3 Å². The second kappa shape index (κ2) is 5.63. The first-order chi connectivity index (χ1) is 8.29. The summed E-state index contributed by atoms with van der Waals surface area (Å²) in [6, 6.07) is 3.84. The number of pyridine rings is 1. The monoisotopic (exact) mass is 249 g/mol. The Hall–Kier alpha value is -1.62.